The van der Waals surface area contributed by atoms with Crippen molar-refractivity contribution in [1.29, 1.82) is 0 Å². The van der Waals surface area contributed by atoms with E-state index in [-0.39, 0.29) is 6.04 Å². The number of aromatic nitrogens is 2. The van der Waals surface area contributed by atoms with Gasteiger partial charge in [0, 0.05) is 7.11 Å². The van der Waals surface area contributed by atoms with Gasteiger partial charge in [-0.2, -0.15) is 0 Å². The van der Waals surface area contributed by atoms with Crippen LogP contribution in [0.2, 0.25) is 0 Å². The average molecular weight is 247 g/mol. The lowest BCUT2D eigenvalue weighted by Gasteiger charge is -2.20. The van der Waals surface area contributed by atoms with Crippen LogP contribution in [0.4, 0.5) is 5.95 Å². The SMILES string of the molecule is CCCC(COC)n1c(N)nc2cccc(C)c21. The second kappa shape index (κ2) is 5.40. The molecule has 0 aliphatic carbocycles. The van der Waals surface area contributed by atoms with Crippen LogP contribution < -0.4 is 5.73 Å². The Labute approximate surface area is 108 Å². The molecule has 1 aromatic carbocycles. The molecule has 4 heteroatoms. The summed E-state index contributed by atoms with van der Waals surface area (Å²) in [6, 6.07) is 6.37. The van der Waals surface area contributed by atoms with E-state index >= 15 is 0 Å². The van der Waals surface area contributed by atoms with Gasteiger partial charge in [0.2, 0.25) is 5.95 Å². The molecule has 0 bridgehead atoms. The molecule has 1 unspecified atom stereocenters. The lowest BCUT2D eigenvalue weighted by atomic mass is 10.1. The van der Waals surface area contributed by atoms with E-state index in [0.29, 0.717) is 12.6 Å². The molecule has 0 aliphatic rings. The van der Waals surface area contributed by atoms with Gasteiger partial charge < -0.3 is 15.0 Å². The molecule has 2 aromatic rings. The molecular weight excluding hydrogens is 226 g/mol. The minimum absolute atomic E-state index is 0.256. The monoisotopic (exact) mass is 247 g/mol. The van der Waals surface area contributed by atoms with Crippen molar-refractivity contribution in [1.82, 2.24) is 9.55 Å². The number of hydrogen-bond donors (Lipinski definition) is 1. The van der Waals surface area contributed by atoms with Gasteiger partial charge in [-0.25, -0.2) is 4.98 Å². The second-order valence-corrected chi connectivity index (χ2v) is 4.68. The van der Waals surface area contributed by atoms with Crippen LogP contribution in [0.5, 0.6) is 0 Å². The molecule has 0 radical (unpaired) electrons. The first kappa shape index (κ1) is 12.9. The molecule has 1 atom stereocenters. The van der Waals surface area contributed by atoms with Gasteiger partial charge in [0.25, 0.3) is 0 Å². The normalized spacial score (nSPS) is 13.1. The highest BCUT2D eigenvalue weighted by Crippen LogP contribution is 2.28. The number of hydrogen-bond acceptors (Lipinski definition) is 3. The number of benzene rings is 1. The highest BCUT2D eigenvalue weighted by molar-refractivity contribution is 5.81. The van der Waals surface area contributed by atoms with Crippen LogP contribution in [-0.2, 0) is 4.74 Å². The van der Waals surface area contributed by atoms with Gasteiger partial charge >= 0.3 is 0 Å². The van der Waals surface area contributed by atoms with Crippen LogP contribution in [0.15, 0.2) is 18.2 Å². The Morgan fingerprint density at radius 2 is 2.22 bits per heavy atom. The maximum atomic E-state index is 6.08. The summed E-state index contributed by atoms with van der Waals surface area (Å²) < 4.78 is 7.44. The number of methoxy groups -OCH3 is 1. The quantitative estimate of drug-likeness (QED) is 0.883. The summed E-state index contributed by atoms with van der Waals surface area (Å²) in [7, 11) is 1.73. The molecule has 1 heterocycles. The van der Waals surface area contributed by atoms with Gasteiger partial charge in [0.15, 0.2) is 0 Å². The first-order chi connectivity index (χ1) is 8.69. The third-order valence-electron chi connectivity index (χ3n) is 3.29. The van der Waals surface area contributed by atoms with E-state index in [9.17, 15) is 0 Å². The van der Waals surface area contributed by atoms with Gasteiger partial charge in [-0.05, 0) is 25.0 Å². The summed E-state index contributed by atoms with van der Waals surface area (Å²) in [5.74, 6) is 0.579. The van der Waals surface area contributed by atoms with Gasteiger partial charge in [-0.15, -0.1) is 0 Å². The molecule has 0 spiro atoms. The highest BCUT2D eigenvalue weighted by atomic mass is 16.5. The molecule has 0 saturated heterocycles. The van der Waals surface area contributed by atoms with E-state index in [1.807, 2.05) is 12.1 Å². The average Bonchev–Trinajstić information content (AvgIpc) is 2.66. The minimum Gasteiger partial charge on any atom is -0.383 e. The van der Waals surface area contributed by atoms with Crippen molar-refractivity contribution in [3.05, 3.63) is 23.8 Å². The van der Waals surface area contributed by atoms with Gasteiger partial charge in [-0.3, -0.25) is 0 Å². The molecule has 1 aromatic heterocycles. The summed E-state index contributed by atoms with van der Waals surface area (Å²) in [6.45, 7) is 4.93. The van der Waals surface area contributed by atoms with Crippen molar-refractivity contribution < 1.29 is 4.74 Å². The van der Waals surface area contributed by atoms with Crippen molar-refractivity contribution in [3.63, 3.8) is 0 Å². The number of ether oxygens (including phenoxy) is 1. The zero-order chi connectivity index (χ0) is 13.1. The topological polar surface area (TPSA) is 53.1 Å². The lowest BCUT2D eigenvalue weighted by Crippen LogP contribution is -2.17. The number of fused-ring (bicyclic) bond motifs is 1. The summed E-state index contributed by atoms with van der Waals surface area (Å²) in [5.41, 5.74) is 9.38. The zero-order valence-corrected chi connectivity index (χ0v) is 11.3. The van der Waals surface area contributed by atoms with Crippen molar-refractivity contribution >= 4 is 17.0 Å². The number of nitrogen functional groups attached to an aromatic ring is 1. The van der Waals surface area contributed by atoms with Crippen LogP contribution in [0, 0.1) is 6.92 Å². The number of para-hydroxylation sites is 1. The summed E-state index contributed by atoms with van der Waals surface area (Å²) in [6.07, 6.45) is 2.14. The second-order valence-electron chi connectivity index (χ2n) is 4.68. The van der Waals surface area contributed by atoms with Gasteiger partial charge in [-0.1, -0.05) is 25.5 Å². The number of rotatable bonds is 5. The first-order valence-corrected chi connectivity index (χ1v) is 6.41. The molecule has 2 N–H and O–H groups in total. The fraction of sp³-hybridized carbons (Fsp3) is 0.500. The number of aryl methyl sites for hydroxylation is 1. The predicted molar refractivity (Wildman–Crippen MR) is 74.7 cm³/mol. The Morgan fingerprint density at radius 1 is 1.44 bits per heavy atom. The van der Waals surface area contributed by atoms with E-state index in [1.54, 1.807) is 7.11 Å². The fourth-order valence-electron chi connectivity index (χ4n) is 2.52. The first-order valence-electron chi connectivity index (χ1n) is 6.41. The Balaban J connectivity index is 2.56. The summed E-state index contributed by atoms with van der Waals surface area (Å²) in [4.78, 5) is 4.44. The van der Waals surface area contributed by atoms with Crippen molar-refractivity contribution in [2.24, 2.45) is 0 Å². The molecule has 2 rings (SSSR count). The highest BCUT2D eigenvalue weighted by Gasteiger charge is 2.18. The number of anilines is 1. The largest absolute Gasteiger partial charge is 0.383 e. The van der Waals surface area contributed by atoms with Crippen LogP contribution in [0.3, 0.4) is 0 Å². The molecule has 0 aliphatic heterocycles. The van der Waals surface area contributed by atoms with Crippen LogP contribution >= 0.6 is 0 Å². The van der Waals surface area contributed by atoms with E-state index in [0.717, 1.165) is 23.9 Å². The van der Waals surface area contributed by atoms with Gasteiger partial charge in [0.05, 0.1) is 23.7 Å². The number of nitrogens with two attached hydrogens (primary N) is 1. The standard InChI is InChI=1S/C14H21N3O/c1-4-6-11(9-18-3)17-13-10(2)7-5-8-12(13)16-14(17)15/h5,7-8,11H,4,6,9H2,1-3H3,(H2,15,16). The van der Waals surface area contributed by atoms with Crippen LogP contribution in [0.25, 0.3) is 11.0 Å². The van der Waals surface area contributed by atoms with Gasteiger partial charge in [0.1, 0.15) is 0 Å². The molecule has 0 fully saturated rings. The van der Waals surface area contributed by atoms with E-state index in [2.05, 4.69) is 29.5 Å². The Morgan fingerprint density at radius 3 is 2.89 bits per heavy atom. The zero-order valence-electron chi connectivity index (χ0n) is 11.3. The molecule has 18 heavy (non-hydrogen) atoms. The maximum Gasteiger partial charge on any atom is 0.201 e. The third kappa shape index (κ3) is 2.20. The fourth-order valence-corrected chi connectivity index (χ4v) is 2.52. The smallest absolute Gasteiger partial charge is 0.201 e. The van der Waals surface area contributed by atoms with Crippen molar-refractivity contribution in [2.45, 2.75) is 32.7 Å². The third-order valence-corrected chi connectivity index (χ3v) is 3.29. The van der Waals surface area contributed by atoms with Crippen molar-refractivity contribution in [2.75, 3.05) is 19.5 Å². The lowest BCUT2D eigenvalue weighted by molar-refractivity contribution is 0.153. The van der Waals surface area contributed by atoms with Crippen LogP contribution in [0.1, 0.15) is 31.4 Å². The summed E-state index contributed by atoms with van der Waals surface area (Å²) in [5, 5.41) is 0. The maximum absolute atomic E-state index is 6.08. The Kier molecular flexibility index (Phi) is 3.87. The van der Waals surface area contributed by atoms with E-state index in [1.165, 1.54) is 5.56 Å². The van der Waals surface area contributed by atoms with E-state index < -0.39 is 0 Å². The predicted octanol–water partition coefficient (Wildman–Crippen LogP) is 2.91. The Hall–Kier alpha value is -1.55. The molecular formula is C14H21N3O. The van der Waals surface area contributed by atoms with Crippen LogP contribution in [-0.4, -0.2) is 23.3 Å². The molecule has 4 nitrogen and oxygen atoms in total. The summed E-state index contributed by atoms with van der Waals surface area (Å²) >= 11 is 0. The number of nitrogens with zero attached hydrogens (tertiary/aromatic N) is 2. The minimum atomic E-state index is 0.256. The number of imidazole rings is 1. The van der Waals surface area contributed by atoms with Crippen molar-refractivity contribution in [3.8, 4) is 0 Å². The van der Waals surface area contributed by atoms with E-state index in [4.69, 9.17) is 10.5 Å². The molecule has 0 saturated carbocycles. The Bertz CT molecular complexity index is 527. The molecule has 98 valence electrons. The molecule has 0 amide bonds.